The van der Waals surface area contributed by atoms with Gasteiger partial charge in [0.2, 0.25) is 21.6 Å². The first kappa shape index (κ1) is 33.5. The smallest absolute Gasteiger partial charge is 0.298 e. The van der Waals surface area contributed by atoms with Crippen LogP contribution in [-0.4, -0.2) is 100 Å². The number of nitrogens with zero attached hydrogens (tertiary/aromatic N) is 2. The maximum atomic E-state index is 12.7. The summed E-state index contributed by atoms with van der Waals surface area (Å²) in [5.74, 6) is -0.923. The topological polar surface area (TPSA) is 127 Å². The van der Waals surface area contributed by atoms with Gasteiger partial charge in [-0.15, -0.1) is 35.0 Å². The average Bonchev–Trinajstić information content (AvgIpc) is 3.36. The molecule has 41 heavy (non-hydrogen) atoms. The molecule has 0 aromatic rings. The molecule has 15 heteroatoms. The lowest BCUT2D eigenvalue weighted by Gasteiger charge is -2.34. The van der Waals surface area contributed by atoms with Crippen LogP contribution in [0.1, 0.15) is 64.7 Å². The number of alkyl halides is 2. The van der Waals surface area contributed by atoms with Gasteiger partial charge in [0, 0.05) is 46.8 Å². The van der Waals surface area contributed by atoms with Crippen molar-refractivity contribution in [2.75, 3.05) is 25.1 Å². The quantitative estimate of drug-likeness (QED) is 0.149. The Morgan fingerprint density at radius 2 is 1.76 bits per heavy atom. The van der Waals surface area contributed by atoms with E-state index in [4.69, 9.17) is 23.2 Å². The van der Waals surface area contributed by atoms with Crippen molar-refractivity contribution in [3.63, 3.8) is 0 Å². The van der Waals surface area contributed by atoms with Crippen molar-refractivity contribution in [3.8, 4) is 0 Å². The summed E-state index contributed by atoms with van der Waals surface area (Å²) in [6, 6.07) is 0.314. The number of fused-ring (bicyclic) bond motifs is 2. The summed E-state index contributed by atoms with van der Waals surface area (Å²) in [6.07, 6.45) is 12.3. The first-order valence-corrected chi connectivity index (χ1v) is 20.2. The van der Waals surface area contributed by atoms with E-state index in [0.717, 1.165) is 66.8 Å². The predicted octanol–water partition coefficient (Wildman–Crippen LogP) is 3.83. The fourth-order valence-electron chi connectivity index (χ4n) is 6.06. The molecule has 9 nitrogen and oxygen atoms in total. The lowest BCUT2D eigenvalue weighted by Crippen LogP contribution is -2.43. The normalized spacial score (nSPS) is 31.9. The van der Waals surface area contributed by atoms with Gasteiger partial charge < -0.3 is 9.45 Å². The summed E-state index contributed by atoms with van der Waals surface area (Å²) in [7, 11) is -7.90. The first-order valence-electron chi connectivity index (χ1n) is 14.1. The Labute approximate surface area is 262 Å². The molecule has 0 radical (unpaired) electrons. The van der Waals surface area contributed by atoms with E-state index in [9.17, 15) is 26.2 Å². The number of hydrogen-bond acceptors (Lipinski definition) is 9. The molecule has 0 aromatic carbocycles. The fourth-order valence-corrected chi connectivity index (χ4v) is 10.8. The minimum Gasteiger partial charge on any atom is -0.748 e. The molecule has 2 aliphatic heterocycles. The number of allylic oxidation sites excluding steroid dienone is 2. The summed E-state index contributed by atoms with van der Waals surface area (Å²) < 4.78 is 60.8. The molecule has 2 saturated carbocycles. The summed E-state index contributed by atoms with van der Waals surface area (Å²) in [5.41, 5.74) is 1.08. The molecule has 0 bridgehead atoms. The first-order chi connectivity index (χ1) is 19.2. The number of carbonyl (C=O) groups excluding carboxylic acids is 1. The standard InChI is InChI=1S/C26H39Cl2N3O6S4/c1-3-17(12-25-30(10-4-5-11-41(35,36)37)20-14-18(27)6-8-22(20)38-25)13-26-31(16-24(32)29-40(2,33)34)21-15-19(28)7-9-23(21)39-26/h12-13,18-23H,3-11,14-16H2,1-2H3,(H-,29,32,35,36,37). The lowest BCUT2D eigenvalue weighted by atomic mass is 9.93. The van der Waals surface area contributed by atoms with Crippen LogP contribution in [0.5, 0.6) is 0 Å². The molecule has 232 valence electrons. The Morgan fingerprint density at radius 1 is 1.07 bits per heavy atom. The highest BCUT2D eigenvalue weighted by atomic mass is 35.5. The SMILES string of the molecule is CCC(=CC1=[N+](CC(=O)NS(C)(=O)=O)C2CC(Cl)CCC2S1)C=C1SC2CCC(Cl)CC2N1CCCCS(=O)(=O)[O-]. The number of amides is 1. The van der Waals surface area contributed by atoms with Crippen LogP contribution >= 0.6 is 46.7 Å². The van der Waals surface area contributed by atoms with E-state index in [-0.39, 0.29) is 40.4 Å². The van der Waals surface area contributed by atoms with Crippen LogP contribution in [0.15, 0.2) is 22.8 Å². The highest BCUT2D eigenvalue weighted by Gasteiger charge is 2.46. The molecule has 1 N–H and O–H groups in total. The van der Waals surface area contributed by atoms with E-state index in [1.807, 2.05) is 16.3 Å². The molecule has 1 saturated heterocycles. The number of halogens is 2. The van der Waals surface area contributed by atoms with Gasteiger partial charge in [-0.25, -0.2) is 26.1 Å². The average molecular weight is 689 g/mol. The van der Waals surface area contributed by atoms with Crippen LogP contribution in [0.4, 0.5) is 0 Å². The molecule has 0 spiro atoms. The maximum absolute atomic E-state index is 12.7. The molecule has 6 unspecified atom stereocenters. The Bertz CT molecular complexity index is 1300. The van der Waals surface area contributed by atoms with Gasteiger partial charge in [-0.3, -0.25) is 4.79 Å². The number of thioether (sulfide) groups is 2. The summed E-state index contributed by atoms with van der Waals surface area (Å²) in [5, 5.41) is 2.87. The zero-order valence-electron chi connectivity index (χ0n) is 23.3. The third kappa shape index (κ3) is 9.52. The zero-order valence-corrected chi connectivity index (χ0v) is 28.1. The van der Waals surface area contributed by atoms with Crippen LogP contribution in [0.3, 0.4) is 0 Å². The number of nitrogens with one attached hydrogen (secondary N) is 1. The maximum Gasteiger partial charge on any atom is 0.298 e. The van der Waals surface area contributed by atoms with Crippen molar-refractivity contribution < 1.29 is 30.8 Å². The number of rotatable bonds is 11. The number of sulfonamides is 1. The van der Waals surface area contributed by atoms with Gasteiger partial charge in [0.1, 0.15) is 0 Å². The van der Waals surface area contributed by atoms with Crippen LogP contribution in [-0.2, 0) is 24.9 Å². The second kappa shape index (κ2) is 14.1. The third-order valence-corrected chi connectivity index (χ3v) is 13.0. The molecule has 4 rings (SSSR count). The Hall–Kier alpha value is -0.440. The fraction of sp³-hybridized carbons (Fsp3) is 0.769. The van der Waals surface area contributed by atoms with E-state index in [1.54, 1.807) is 11.8 Å². The van der Waals surface area contributed by atoms with Crippen LogP contribution in [0.25, 0.3) is 0 Å². The van der Waals surface area contributed by atoms with Crippen molar-refractivity contribution in [2.45, 2.75) is 98.0 Å². The minimum atomic E-state index is -4.24. The summed E-state index contributed by atoms with van der Waals surface area (Å²) in [4.78, 5) is 15.0. The Morgan fingerprint density at radius 3 is 2.41 bits per heavy atom. The minimum absolute atomic E-state index is 0.0163. The highest BCUT2D eigenvalue weighted by molar-refractivity contribution is 8.14. The van der Waals surface area contributed by atoms with Crippen molar-refractivity contribution in [3.05, 3.63) is 22.8 Å². The van der Waals surface area contributed by atoms with Crippen LogP contribution in [0, 0.1) is 0 Å². The van der Waals surface area contributed by atoms with E-state index >= 15 is 0 Å². The second-order valence-electron chi connectivity index (χ2n) is 11.2. The van der Waals surface area contributed by atoms with Crippen molar-refractivity contribution in [1.29, 1.82) is 0 Å². The van der Waals surface area contributed by atoms with Crippen molar-refractivity contribution in [2.24, 2.45) is 0 Å². The molecule has 3 fully saturated rings. The van der Waals surface area contributed by atoms with Gasteiger partial charge >= 0.3 is 0 Å². The summed E-state index contributed by atoms with van der Waals surface area (Å²) >= 11 is 16.6. The number of hydrogen-bond donors (Lipinski definition) is 1. The molecule has 2 heterocycles. The highest BCUT2D eigenvalue weighted by Crippen LogP contribution is 2.47. The van der Waals surface area contributed by atoms with Gasteiger partial charge in [-0.1, -0.05) is 6.92 Å². The predicted molar refractivity (Wildman–Crippen MR) is 167 cm³/mol. The molecule has 0 aromatic heterocycles. The molecule has 4 aliphatic rings. The zero-order chi connectivity index (χ0) is 29.9. The van der Waals surface area contributed by atoms with Crippen LogP contribution in [0.2, 0.25) is 0 Å². The summed E-state index contributed by atoms with van der Waals surface area (Å²) in [6.45, 7) is 2.67. The van der Waals surface area contributed by atoms with Crippen molar-refractivity contribution in [1.82, 2.24) is 9.62 Å². The van der Waals surface area contributed by atoms with Gasteiger partial charge in [0.05, 0.1) is 26.7 Å². The Kier molecular flexibility index (Phi) is 11.5. The monoisotopic (exact) mass is 687 g/mol. The van der Waals surface area contributed by atoms with Gasteiger partial charge in [0.25, 0.3) is 5.91 Å². The van der Waals surface area contributed by atoms with Gasteiger partial charge in [-0.05, 0) is 74.8 Å². The van der Waals surface area contributed by atoms with E-state index in [2.05, 4.69) is 28.7 Å². The second-order valence-corrected chi connectivity index (χ2v) is 18.3. The molecule has 6 atom stereocenters. The third-order valence-electron chi connectivity index (χ3n) is 7.98. The molecular weight excluding hydrogens is 649 g/mol. The number of unbranched alkanes of at least 4 members (excludes halogenated alkanes) is 1. The van der Waals surface area contributed by atoms with Gasteiger partial charge in [-0.2, -0.15) is 0 Å². The molecule has 2 aliphatic carbocycles. The van der Waals surface area contributed by atoms with Crippen molar-refractivity contribution >= 4 is 77.8 Å². The largest absolute Gasteiger partial charge is 0.748 e. The molecular formula is C26H39Cl2N3O6S4. The lowest BCUT2D eigenvalue weighted by molar-refractivity contribution is -0.550. The van der Waals surface area contributed by atoms with Crippen LogP contribution < -0.4 is 4.72 Å². The van der Waals surface area contributed by atoms with E-state index in [0.29, 0.717) is 24.6 Å². The number of carbonyl (C=O) groups is 1. The van der Waals surface area contributed by atoms with E-state index < -0.39 is 26.0 Å². The Balaban J connectivity index is 1.61. The molecule has 1 amide bonds. The van der Waals surface area contributed by atoms with E-state index in [1.165, 1.54) is 0 Å². The van der Waals surface area contributed by atoms with Gasteiger partial charge in [0.15, 0.2) is 6.04 Å².